The summed E-state index contributed by atoms with van der Waals surface area (Å²) in [7, 11) is 0. The number of carbonyl (C=O) groups excluding carboxylic acids is 2. The van der Waals surface area contributed by atoms with E-state index in [-0.39, 0.29) is 5.91 Å². The molecular weight excluding hydrogens is 374 g/mol. The van der Waals surface area contributed by atoms with Crippen LogP contribution in [0.15, 0.2) is 36.4 Å². The lowest BCUT2D eigenvalue weighted by atomic mass is 10.1. The summed E-state index contributed by atoms with van der Waals surface area (Å²) in [6.45, 7) is 3.09. The van der Waals surface area contributed by atoms with Gasteiger partial charge in [0, 0.05) is 17.1 Å². The van der Waals surface area contributed by atoms with Crippen LogP contribution in [0.1, 0.15) is 15.9 Å². The summed E-state index contributed by atoms with van der Waals surface area (Å²) in [4.78, 5) is 23.2. The van der Waals surface area contributed by atoms with Crippen molar-refractivity contribution in [1.29, 1.82) is 0 Å². The van der Waals surface area contributed by atoms with E-state index in [1.807, 2.05) is 23.4 Å². The fraction of sp³-hybridized carbons (Fsp3) is 0.222. The van der Waals surface area contributed by atoms with Crippen LogP contribution in [0, 0.1) is 6.92 Å². The number of hydrogen-bond acceptors (Lipinski definition) is 5. The molecule has 136 valence electrons. The number of amides is 2. The highest BCUT2D eigenvalue weighted by Gasteiger charge is 2.16. The topological polar surface area (TPSA) is 70.7 Å². The number of ether oxygens (including phenoxy) is 1. The monoisotopic (exact) mass is 391 g/mol. The van der Waals surface area contributed by atoms with Crippen molar-refractivity contribution in [2.75, 3.05) is 34.0 Å². The molecule has 0 saturated carbocycles. The molecule has 0 aliphatic carbocycles. The Kier molecular flexibility index (Phi) is 6.03. The van der Waals surface area contributed by atoms with E-state index < -0.39 is 0 Å². The number of benzene rings is 2. The van der Waals surface area contributed by atoms with Gasteiger partial charge in [0.1, 0.15) is 6.73 Å². The van der Waals surface area contributed by atoms with Crippen LogP contribution in [-0.4, -0.2) is 31.4 Å². The third-order valence-electron chi connectivity index (χ3n) is 3.88. The van der Waals surface area contributed by atoms with Crippen LogP contribution in [0.5, 0.6) is 0 Å². The van der Waals surface area contributed by atoms with E-state index in [2.05, 4.69) is 10.6 Å². The van der Waals surface area contributed by atoms with E-state index in [1.165, 1.54) is 0 Å². The van der Waals surface area contributed by atoms with E-state index >= 15 is 0 Å². The number of anilines is 3. The molecule has 0 spiro atoms. The SMILES string of the molecule is Cc1ccc(NC(=O)c2ccc(N3COCCS3)cc2Cl)cc1NC=O. The maximum absolute atomic E-state index is 12.5. The van der Waals surface area contributed by atoms with Gasteiger partial charge < -0.3 is 15.4 Å². The van der Waals surface area contributed by atoms with Crippen LogP contribution in [0.25, 0.3) is 0 Å². The van der Waals surface area contributed by atoms with Crippen molar-refractivity contribution in [3.8, 4) is 0 Å². The molecule has 1 heterocycles. The fourth-order valence-electron chi connectivity index (χ4n) is 2.50. The summed E-state index contributed by atoms with van der Waals surface area (Å²) in [5.74, 6) is 0.565. The molecule has 0 bridgehead atoms. The minimum absolute atomic E-state index is 0.315. The van der Waals surface area contributed by atoms with Gasteiger partial charge in [-0.05, 0) is 54.8 Å². The summed E-state index contributed by atoms with van der Waals surface area (Å²) in [5, 5.41) is 5.77. The second kappa shape index (κ2) is 8.44. The zero-order chi connectivity index (χ0) is 18.5. The predicted octanol–water partition coefficient (Wildman–Crippen LogP) is 3.91. The van der Waals surface area contributed by atoms with Gasteiger partial charge in [0.2, 0.25) is 6.41 Å². The quantitative estimate of drug-likeness (QED) is 0.597. The van der Waals surface area contributed by atoms with Gasteiger partial charge in [0.15, 0.2) is 0 Å². The normalized spacial score (nSPS) is 14.0. The Hall–Kier alpha value is -2.22. The van der Waals surface area contributed by atoms with Crippen molar-refractivity contribution in [2.24, 2.45) is 0 Å². The molecule has 2 aromatic rings. The molecule has 1 saturated heterocycles. The van der Waals surface area contributed by atoms with Gasteiger partial charge in [0.25, 0.3) is 5.91 Å². The average molecular weight is 392 g/mol. The highest BCUT2D eigenvalue weighted by molar-refractivity contribution is 8.00. The number of nitrogens with zero attached hydrogens (tertiary/aromatic N) is 1. The Morgan fingerprint density at radius 3 is 2.85 bits per heavy atom. The van der Waals surface area contributed by atoms with Gasteiger partial charge >= 0.3 is 0 Å². The number of aryl methyl sites for hydroxylation is 1. The molecule has 0 aromatic heterocycles. The summed E-state index contributed by atoms with van der Waals surface area (Å²) in [5.41, 5.74) is 3.39. The van der Waals surface area contributed by atoms with Crippen LogP contribution >= 0.6 is 23.5 Å². The molecule has 26 heavy (non-hydrogen) atoms. The Labute approximate surface area is 161 Å². The zero-order valence-corrected chi connectivity index (χ0v) is 15.7. The van der Waals surface area contributed by atoms with E-state index in [4.69, 9.17) is 16.3 Å². The van der Waals surface area contributed by atoms with E-state index in [9.17, 15) is 9.59 Å². The fourth-order valence-corrected chi connectivity index (χ4v) is 3.59. The van der Waals surface area contributed by atoms with Gasteiger partial charge in [-0.25, -0.2) is 0 Å². The van der Waals surface area contributed by atoms with Crippen molar-refractivity contribution in [3.63, 3.8) is 0 Å². The van der Waals surface area contributed by atoms with Gasteiger partial charge in [-0.1, -0.05) is 17.7 Å². The predicted molar refractivity (Wildman–Crippen MR) is 106 cm³/mol. The van der Waals surface area contributed by atoms with Gasteiger partial charge in [-0.15, -0.1) is 0 Å². The number of carbonyl (C=O) groups is 2. The minimum Gasteiger partial charge on any atom is -0.359 e. The van der Waals surface area contributed by atoms with Gasteiger partial charge in [-0.2, -0.15) is 0 Å². The molecule has 0 unspecified atom stereocenters. The van der Waals surface area contributed by atoms with Gasteiger partial charge in [-0.3, -0.25) is 13.9 Å². The molecular formula is C18H18ClN3O3S. The molecule has 1 aliphatic rings. The van der Waals surface area contributed by atoms with Crippen LogP contribution in [0.4, 0.5) is 17.1 Å². The molecule has 1 aliphatic heterocycles. The average Bonchev–Trinajstić information content (AvgIpc) is 2.65. The number of nitrogens with one attached hydrogen (secondary N) is 2. The lowest BCUT2D eigenvalue weighted by molar-refractivity contribution is -0.105. The van der Waals surface area contributed by atoms with Crippen LogP contribution in [0.3, 0.4) is 0 Å². The van der Waals surface area contributed by atoms with Crippen LogP contribution in [0.2, 0.25) is 5.02 Å². The van der Waals surface area contributed by atoms with Crippen molar-refractivity contribution < 1.29 is 14.3 Å². The van der Waals surface area contributed by atoms with E-state index in [0.29, 0.717) is 35.1 Å². The van der Waals surface area contributed by atoms with Crippen LogP contribution in [-0.2, 0) is 9.53 Å². The largest absolute Gasteiger partial charge is 0.359 e. The number of hydrogen-bond donors (Lipinski definition) is 2. The smallest absolute Gasteiger partial charge is 0.257 e. The van der Waals surface area contributed by atoms with Crippen molar-refractivity contribution in [3.05, 3.63) is 52.5 Å². The lowest BCUT2D eigenvalue weighted by Gasteiger charge is -2.27. The summed E-state index contributed by atoms with van der Waals surface area (Å²) in [6, 6.07) is 10.6. The Bertz CT molecular complexity index is 825. The molecule has 2 amide bonds. The number of halogens is 1. The lowest BCUT2D eigenvalue weighted by Crippen LogP contribution is -2.25. The molecule has 8 heteroatoms. The van der Waals surface area contributed by atoms with Crippen molar-refractivity contribution in [2.45, 2.75) is 6.92 Å². The second-order valence-corrected chi connectivity index (χ2v) is 7.17. The number of rotatable bonds is 5. The Morgan fingerprint density at radius 2 is 2.15 bits per heavy atom. The van der Waals surface area contributed by atoms with E-state index in [0.717, 1.165) is 23.6 Å². The molecule has 2 N–H and O–H groups in total. The zero-order valence-electron chi connectivity index (χ0n) is 14.1. The van der Waals surface area contributed by atoms with Crippen molar-refractivity contribution in [1.82, 2.24) is 0 Å². The molecule has 2 aromatic carbocycles. The summed E-state index contributed by atoms with van der Waals surface area (Å²) in [6.07, 6.45) is 0.603. The third-order valence-corrected chi connectivity index (χ3v) is 5.17. The maximum atomic E-state index is 12.5. The summed E-state index contributed by atoms with van der Waals surface area (Å²) >= 11 is 7.98. The third kappa shape index (κ3) is 4.30. The summed E-state index contributed by atoms with van der Waals surface area (Å²) < 4.78 is 7.42. The minimum atomic E-state index is -0.315. The molecule has 3 rings (SSSR count). The van der Waals surface area contributed by atoms with Crippen molar-refractivity contribution >= 4 is 52.9 Å². The highest BCUT2D eigenvalue weighted by atomic mass is 35.5. The first-order valence-electron chi connectivity index (χ1n) is 7.98. The molecule has 0 atom stereocenters. The highest BCUT2D eigenvalue weighted by Crippen LogP contribution is 2.30. The first-order chi connectivity index (χ1) is 12.6. The first-order valence-corrected chi connectivity index (χ1v) is 9.30. The Morgan fingerprint density at radius 1 is 1.31 bits per heavy atom. The maximum Gasteiger partial charge on any atom is 0.257 e. The molecule has 1 fully saturated rings. The first kappa shape index (κ1) is 18.6. The van der Waals surface area contributed by atoms with Crippen LogP contribution < -0.4 is 14.9 Å². The van der Waals surface area contributed by atoms with E-state index in [1.54, 1.807) is 36.2 Å². The Balaban J connectivity index is 1.75. The second-order valence-electron chi connectivity index (χ2n) is 5.66. The standard InChI is InChI=1S/C18H18ClN3O3S/c1-12-2-3-13(8-17(12)20-10-23)21-18(24)15-5-4-14(9-16(15)19)22-11-25-6-7-26-22/h2-5,8-10H,6-7,11H2,1H3,(H,20,23)(H,21,24). The van der Waals surface area contributed by atoms with Gasteiger partial charge in [0.05, 0.1) is 22.9 Å². The molecule has 6 nitrogen and oxygen atoms in total. The molecule has 0 radical (unpaired) electrons.